The van der Waals surface area contributed by atoms with Crippen molar-refractivity contribution in [3.8, 4) is 11.5 Å². The second-order valence-electron chi connectivity index (χ2n) is 5.81. The lowest BCUT2D eigenvalue weighted by Crippen LogP contribution is -2.34. The molecule has 0 fully saturated rings. The van der Waals surface area contributed by atoms with E-state index in [2.05, 4.69) is 10.3 Å². The van der Waals surface area contributed by atoms with Crippen molar-refractivity contribution in [2.75, 3.05) is 20.3 Å². The molecule has 0 atom stereocenters. The number of hydrogen-bond donors (Lipinski definition) is 1. The van der Waals surface area contributed by atoms with Crippen LogP contribution in [0.2, 0.25) is 0 Å². The Morgan fingerprint density at radius 1 is 1.24 bits per heavy atom. The van der Waals surface area contributed by atoms with Gasteiger partial charge in [0.25, 0.3) is 5.56 Å². The quantitative estimate of drug-likeness (QED) is 0.735. The Morgan fingerprint density at radius 2 is 1.92 bits per heavy atom. The maximum absolute atomic E-state index is 12.0. The maximum Gasteiger partial charge on any atom is 0.254 e. The molecule has 0 aliphatic rings. The summed E-state index contributed by atoms with van der Waals surface area (Å²) in [6.45, 7) is 4.53. The monoisotopic (exact) mass is 345 g/mol. The topological polar surface area (TPSA) is 82.4 Å². The zero-order chi connectivity index (χ0) is 18.2. The third-order valence-corrected chi connectivity index (χ3v) is 3.56. The third kappa shape index (κ3) is 5.63. The van der Waals surface area contributed by atoms with Gasteiger partial charge in [0, 0.05) is 6.07 Å². The van der Waals surface area contributed by atoms with Gasteiger partial charge in [-0.2, -0.15) is 0 Å². The zero-order valence-corrected chi connectivity index (χ0v) is 14.7. The van der Waals surface area contributed by atoms with Crippen molar-refractivity contribution in [3.63, 3.8) is 0 Å². The predicted molar refractivity (Wildman–Crippen MR) is 94.1 cm³/mol. The van der Waals surface area contributed by atoms with Crippen molar-refractivity contribution in [2.45, 2.75) is 26.3 Å². The molecule has 1 amide bonds. The molecule has 2 rings (SSSR count). The van der Waals surface area contributed by atoms with Gasteiger partial charge in [-0.15, -0.1) is 0 Å². The average molecular weight is 345 g/mol. The van der Waals surface area contributed by atoms with Gasteiger partial charge < -0.3 is 14.8 Å². The molecule has 0 radical (unpaired) electrons. The molecule has 25 heavy (non-hydrogen) atoms. The van der Waals surface area contributed by atoms with E-state index in [4.69, 9.17) is 9.47 Å². The molecule has 0 bridgehead atoms. The number of ether oxygens (including phenoxy) is 2. The highest BCUT2D eigenvalue weighted by Gasteiger charge is 2.07. The minimum absolute atomic E-state index is 0.0628. The highest BCUT2D eigenvalue weighted by molar-refractivity contribution is 5.75. The Balaban J connectivity index is 1.76. The number of rotatable bonds is 8. The van der Waals surface area contributed by atoms with Crippen molar-refractivity contribution in [1.82, 2.24) is 14.9 Å². The van der Waals surface area contributed by atoms with Gasteiger partial charge in [0.1, 0.15) is 24.7 Å². The summed E-state index contributed by atoms with van der Waals surface area (Å²) in [5.41, 5.74) is 0.484. The van der Waals surface area contributed by atoms with Gasteiger partial charge in [0.2, 0.25) is 5.91 Å². The lowest BCUT2D eigenvalue weighted by Gasteiger charge is -2.10. The molecule has 0 saturated carbocycles. The van der Waals surface area contributed by atoms with Crippen LogP contribution in [0.1, 0.15) is 25.5 Å². The molecule has 1 N–H and O–H groups in total. The summed E-state index contributed by atoms with van der Waals surface area (Å²) in [5, 5.41) is 2.71. The molecule has 1 aromatic carbocycles. The van der Waals surface area contributed by atoms with E-state index in [-0.39, 0.29) is 23.9 Å². The van der Waals surface area contributed by atoms with Crippen molar-refractivity contribution in [1.29, 1.82) is 0 Å². The van der Waals surface area contributed by atoms with Crippen LogP contribution in [0.3, 0.4) is 0 Å². The van der Waals surface area contributed by atoms with E-state index >= 15 is 0 Å². The number of benzene rings is 1. The summed E-state index contributed by atoms with van der Waals surface area (Å²) in [4.78, 5) is 28.1. The van der Waals surface area contributed by atoms with Crippen LogP contribution in [0, 0.1) is 0 Å². The normalized spacial score (nSPS) is 10.6. The second kappa shape index (κ2) is 8.86. The fraction of sp³-hybridized carbons (Fsp3) is 0.389. The molecule has 134 valence electrons. The minimum Gasteiger partial charge on any atom is -0.497 e. The second-order valence-corrected chi connectivity index (χ2v) is 5.81. The molecule has 7 nitrogen and oxygen atoms in total. The van der Waals surface area contributed by atoms with E-state index in [0.717, 1.165) is 11.4 Å². The number of carbonyl (C=O) groups excluding carboxylic acids is 1. The van der Waals surface area contributed by atoms with Crippen LogP contribution in [0.15, 0.2) is 41.5 Å². The first-order valence-electron chi connectivity index (χ1n) is 8.09. The zero-order valence-electron chi connectivity index (χ0n) is 14.7. The van der Waals surface area contributed by atoms with Crippen molar-refractivity contribution in [2.24, 2.45) is 0 Å². The third-order valence-electron chi connectivity index (χ3n) is 3.56. The van der Waals surface area contributed by atoms with E-state index in [9.17, 15) is 9.59 Å². The van der Waals surface area contributed by atoms with Crippen LogP contribution in [0.5, 0.6) is 11.5 Å². The standard InChI is InChI=1S/C18H23N3O4/c1-13(2)16-10-18(23)21(12-20-16)11-17(22)19-8-9-25-15-6-4-14(24-3)5-7-15/h4-7,10,12-13H,8-9,11H2,1-3H3,(H,19,22). The summed E-state index contributed by atoms with van der Waals surface area (Å²) in [6.07, 6.45) is 1.41. The maximum atomic E-state index is 12.0. The predicted octanol–water partition coefficient (Wildman–Crippen LogP) is 1.57. The van der Waals surface area contributed by atoms with E-state index < -0.39 is 0 Å². The molecular weight excluding hydrogens is 322 g/mol. The van der Waals surface area contributed by atoms with Crippen molar-refractivity contribution in [3.05, 3.63) is 52.7 Å². The smallest absolute Gasteiger partial charge is 0.254 e. The van der Waals surface area contributed by atoms with E-state index in [1.165, 1.54) is 17.0 Å². The largest absolute Gasteiger partial charge is 0.497 e. The Bertz CT molecular complexity index is 754. The van der Waals surface area contributed by atoms with E-state index in [1.807, 2.05) is 13.8 Å². The molecule has 0 aliphatic carbocycles. The number of amides is 1. The molecule has 1 heterocycles. The van der Waals surface area contributed by atoms with Gasteiger partial charge >= 0.3 is 0 Å². The fourth-order valence-electron chi connectivity index (χ4n) is 2.12. The number of nitrogens with one attached hydrogen (secondary N) is 1. The number of nitrogens with zero attached hydrogens (tertiary/aromatic N) is 2. The number of carbonyl (C=O) groups is 1. The summed E-state index contributed by atoms with van der Waals surface area (Å²) in [7, 11) is 1.60. The Kier molecular flexibility index (Phi) is 6.56. The van der Waals surface area contributed by atoms with E-state index in [1.54, 1.807) is 31.4 Å². The van der Waals surface area contributed by atoms with Crippen molar-refractivity contribution < 1.29 is 14.3 Å². The van der Waals surface area contributed by atoms with Gasteiger partial charge in [-0.1, -0.05) is 13.8 Å². The summed E-state index contributed by atoms with van der Waals surface area (Å²) < 4.78 is 11.9. The van der Waals surface area contributed by atoms with Crippen molar-refractivity contribution >= 4 is 5.91 Å². The van der Waals surface area contributed by atoms with Gasteiger partial charge in [-0.25, -0.2) is 4.98 Å². The molecule has 0 saturated heterocycles. The molecule has 0 spiro atoms. The first-order chi connectivity index (χ1) is 12.0. The summed E-state index contributed by atoms with van der Waals surface area (Å²) >= 11 is 0. The van der Waals surface area contributed by atoms with Crippen LogP contribution in [0.25, 0.3) is 0 Å². The molecule has 1 aromatic heterocycles. The van der Waals surface area contributed by atoms with Gasteiger partial charge in [0.05, 0.1) is 25.7 Å². The minimum atomic E-state index is -0.264. The van der Waals surface area contributed by atoms with Gasteiger partial charge in [-0.3, -0.25) is 14.2 Å². The lowest BCUT2D eigenvalue weighted by atomic mass is 10.1. The summed E-state index contributed by atoms with van der Waals surface area (Å²) in [6, 6.07) is 8.65. The van der Waals surface area contributed by atoms with Crippen LogP contribution in [-0.4, -0.2) is 35.7 Å². The van der Waals surface area contributed by atoms with Crippen LogP contribution >= 0.6 is 0 Å². The first-order valence-corrected chi connectivity index (χ1v) is 8.09. The van der Waals surface area contributed by atoms with Crippen LogP contribution in [-0.2, 0) is 11.3 Å². The molecule has 0 aliphatic heterocycles. The molecular formula is C18H23N3O4. The Morgan fingerprint density at radius 3 is 2.52 bits per heavy atom. The summed E-state index contributed by atoms with van der Waals surface area (Å²) in [5.74, 6) is 1.36. The van der Waals surface area contributed by atoms with Gasteiger partial charge in [0.15, 0.2) is 0 Å². The SMILES string of the molecule is COc1ccc(OCCNC(=O)Cn2cnc(C(C)C)cc2=O)cc1. The van der Waals surface area contributed by atoms with Gasteiger partial charge in [-0.05, 0) is 30.2 Å². The first kappa shape index (κ1) is 18.5. The van der Waals surface area contributed by atoms with Crippen LogP contribution < -0.4 is 20.3 Å². The number of aromatic nitrogens is 2. The highest BCUT2D eigenvalue weighted by atomic mass is 16.5. The Labute approximate surface area is 146 Å². The molecule has 7 heteroatoms. The van der Waals surface area contributed by atoms with E-state index in [0.29, 0.717) is 18.9 Å². The average Bonchev–Trinajstić information content (AvgIpc) is 2.61. The fourth-order valence-corrected chi connectivity index (χ4v) is 2.12. The van der Waals surface area contributed by atoms with Crippen LogP contribution in [0.4, 0.5) is 0 Å². The lowest BCUT2D eigenvalue weighted by molar-refractivity contribution is -0.121. The highest BCUT2D eigenvalue weighted by Crippen LogP contribution is 2.16. The number of hydrogen-bond acceptors (Lipinski definition) is 5. The molecule has 2 aromatic rings. The Hall–Kier alpha value is -2.83. The molecule has 0 unspecified atom stereocenters. The number of methoxy groups -OCH3 is 1.